The number of nitrogens with zero attached hydrogens (tertiary/aromatic N) is 2. The van der Waals surface area contributed by atoms with Crippen LogP contribution in [-0.4, -0.2) is 11.9 Å². The molecule has 0 atom stereocenters. The molecule has 0 unspecified atom stereocenters. The van der Waals surface area contributed by atoms with E-state index in [2.05, 4.69) is 11.1 Å². The third kappa shape index (κ3) is 2.65. The van der Waals surface area contributed by atoms with Crippen LogP contribution in [0.2, 0.25) is 0 Å². The molecule has 1 aliphatic heterocycles. The summed E-state index contributed by atoms with van der Waals surface area (Å²) in [5.41, 5.74) is 3.41. The summed E-state index contributed by atoms with van der Waals surface area (Å²) in [6, 6.07) is 16.6. The zero-order valence-electron chi connectivity index (χ0n) is 11.9. The molecule has 0 N–H and O–H groups in total. The SMILES string of the molecule is Cc1ccccc1C1=N/C(=C\c2ccc(C#N)cc2)C(=O)O1. The van der Waals surface area contributed by atoms with Crippen LogP contribution in [0.25, 0.3) is 6.08 Å². The summed E-state index contributed by atoms with van der Waals surface area (Å²) >= 11 is 0. The molecule has 0 aliphatic carbocycles. The molecule has 1 aliphatic rings. The highest BCUT2D eigenvalue weighted by molar-refractivity contribution is 6.13. The third-order valence-corrected chi connectivity index (χ3v) is 3.34. The summed E-state index contributed by atoms with van der Waals surface area (Å²) in [6.07, 6.45) is 1.65. The average Bonchev–Trinajstić information content (AvgIpc) is 2.89. The highest BCUT2D eigenvalue weighted by Crippen LogP contribution is 2.20. The molecule has 1 heterocycles. The van der Waals surface area contributed by atoms with Crippen molar-refractivity contribution in [3.8, 4) is 6.07 Å². The summed E-state index contributed by atoms with van der Waals surface area (Å²) in [7, 11) is 0. The van der Waals surface area contributed by atoms with Crippen LogP contribution in [0.15, 0.2) is 59.2 Å². The summed E-state index contributed by atoms with van der Waals surface area (Å²) < 4.78 is 5.25. The predicted molar refractivity (Wildman–Crippen MR) is 82.9 cm³/mol. The topological polar surface area (TPSA) is 62.5 Å². The smallest absolute Gasteiger partial charge is 0.363 e. The van der Waals surface area contributed by atoms with Crippen molar-refractivity contribution in [2.45, 2.75) is 6.92 Å². The van der Waals surface area contributed by atoms with Gasteiger partial charge in [-0.05, 0) is 42.3 Å². The maximum Gasteiger partial charge on any atom is 0.363 e. The number of nitriles is 1. The van der Waals surface area contributed by atoms with E-state index >= 15 is 0 Å². The highest BCUT2D eigenvalue weighted by atomic mass is 16.6. The second-order valence-electron chi connectivity index (χ2n) is 4.88. The molecule has 0 aromatic heterocycles. The number of carbonyl (C=O) groups is 1. The van der Waals surface area contributed by atoms with Gasteiger partial charge in [0.05, 0.1) is 11.6 Å². The molecule has 0 radical (unpaired) electrons. The van der Waals surface area contributed by atoms with E-state index in [1.807, 2.05) is 31.2 Å². The van der Waals surface area contributed by atoms with Gasteiger partial charge in [-0.25, -0.2) is 9.79 Å². The Kier molecular flexibility index (Phi) is 3.55. The van der Waals surface area contributed by atoms with Gasteiger partial charge in [-0.3, -0.25) is 0 Å². The summed E-state index contributed by atoms with van der Waals surface area (Å²) in [5, 5.41) is 8.78. The number of carbonyl (C=O) groups excluding carboxylic acids is 1. The Bertz CT molecular complexity index is 840. The van der Waals surface area contributed by atoms with E-state index in [0.29, 0.717) is 11.5 Å². The Balaban J connectivity index is 1.94. The lowest BCUT2D eigenvalue weighted by molar-refractivity contribution is -0.129. The normalized spacial score (nSPS) is 15.4. The van der Waals surface area contributed by atoms with Crippen molar-refractivity contribution >= 4 is 17.9 Å². The van der Waals surface area contributed by atoms with Crippen molar-refractivity contribution in [1.29, 1.82) is 5.26 Å². The Morgan fingerprint density at radius 3 is 2.55 bits per heavy atom. The number of ether oxygens (including phenoxy) is 1. The maximum absolute atomic E-state index is 11.9. The number of aliphatic imine (C=N–C) groups is 1. The second kappa shape index (κ2) is 5.66. The first-order valence-corrected chi connectivity index (χ1v) is 6.76. The minimum absolute atomic E-state index is 0.253. The van der Waals surface area contributed by atoms with Gasteiger partial charge >= 0.3 is 5.97 Å². The summed E-state index contributed by atoms with van der Waals surface area (Å²) in [5.74, 6) is -0.148. The van der Waals surface area contributed by atoms with E-state index in [9.17, 15) is 4.79 Å². The molecule has 0 saturated heterocycles. The number of hydrogen-bond donors (Lipinski definition) is 0. The monoisotopic (exact) mass is 288 g/mol. The van der Waals surface area contributed by atoms with Crippen LogP contribution in [0.4, 0.5) is 0 Å². The molecule has 0 amide bonds. The average molecular weight is 288 g/mol. The van der Waals surface area contributed by atoms with Crippen molar-refractivity contribution in [1.82, 2.24) is 0 Å². The summed E-state index contributed by atoms with van der Waals surface area (Å²) in [4.78, 5) is 16.2. The van der Waals surface area contributed by atoms with E-state index < -0.39 is 5.97 Å². The van der Waals surface area contributed by atoms with Crippen molar-refractivity contribution < 1.29 is 9.53 Å². The number of benzene rings is 2. The fourth-order valence-corrected chi connectivity index (χ4v) is 2.15. The van der Waals surface area contributed by atoms with Gasteiger partial charge in [-0.1, -0.05) is 30.3 Å². The Morgan fingerprint density at radius 2 is 1.86 bits per heavy atom. The zero-order valence-corrected chi connectivity index (χ0v) is 11.9. The largest absolute Gasteiger partial charge is 0.402 e. The van der Waals surface area contributed by atoms with Gasteiger partial charge in [-0.2, -0.15) is 5.26 Å². The molecule has 22 heavy (non-hydrogen) atoms. The van der Waals surface area contributed by atoms with Crippen molar-refractivity contribution in [3.63, 3.8) is 0 Å². The van der Waals surface area contributed by atoms with Crippen LogP contribution < -0.4 is 0 Å². The first-order valence-electron chi connectivity index (χ1n) is 6.76. The molecule has 3 rings (SSSR count). The zero-order chi connectivity index (χ0) is 15.5. The molecular weight excluding hydrogens is 276 g/mol. The van der Waals surface area contributed by atoms with Gasteiger partial charge in [0.15, 0.2) is 5.70 Å². The van der Waals surface area contributed by atoms with Crippen LogP contribution >= 0.6 is 0 Å². The molecule has 2 aromatic carbocycles. The van der Waals surface area contributed by atoms with Gasteiger partial charge < -0.3 is 4.74 Å². The van der Waals surface area contributed by atoms with Crippen LogP contribution in [0.1, 0.15) is 22.3 Å². The molecule has 2 aromatic rings. The first kappa shape index (κ1) is 13.8. The molecule has 0 saturated carbocycles. The van der Waals surface area contributed by atoms with Crippen LogP contribution in [0.3, 0.4) is 0 Å². The number of cyclic esters (lactones) is 1. The predicted octanol–water partition coefficient (Wildman–Crippen LogP) is 3.21. The maximum atomic E-state index is 11.9. The van der Waals surface area contributed by atoms with Gasteiger partial charge in [-0.15, -0.1) is 0 Å². The molecule has 0 fully saturated rings. The molecule has 0 spiro atoms. The number of rotatable bonds is 2. The van der Waals surface area contributed by atoms with Crippen LogP contribution in [0, 0.1) is 18.3 Å². The lowest BCUT2D eigenvalue weighted by Crippen LogP contribution is -2.06. The minimum atomic E-state index is -0.470. The molecule has 106 valence electrons. The van der Waals surface area contributed by atoms with Crippen LogP contribution in [-0.2, 0) is 9.53 Å². The molecule has 0 bridgehead atoms. The summed E-state index contributed by atoms with van der Waals surface area (Å²) in [6.45, 7) is 1.94. The quantitative estimate of drug-likeness (QED) is 0.629. The number of aryl methyl sites for hydroxylation is 1. The van der Waals surface area contributed by atoms with E-state index in [4.69, 9.17) is 10.00 Å². The highest BCUT2D eigenvalue weighted by Gasteiger charge is 2.24. The van der Waals surface area contributed by atoms with Crippen molar-refractivity contribution in [2.24, 2.45) is 4.99 Å². The lowest BCUT2D eigenvalue weighted by atomic mass is 10.1. The lowest BCUT2D eigenvalue weighted by Gasteiger charge is -2.02. The number of esters is 1. The Labute approximate surface area is 128 Å². The fourth-order valence-electron chi connectivity index (χ4n) is 2.15. The van der Waals surface area contributed by atoms with Crippen molar-refractivity contribution in [3.05, 3.63) is 76.5 Å². The van der Waals surface area contributed by atoms with E-state index in [1.165, 1.54) is 0 Å². The molecular formula is C18H12N2O2. The van der Waals surface area contributed by atoms with E-state index in [0.717, 1.165) is 16.7 Å². The standard InChI is InChI=1S/C18H12N2O2/c1-12-4-2-3-5-15(12)17-20-16(18(21)22-17)10-13-6-8-14(11-19)9-7-13/h2-10H,1H3/b16-10-. The van der Waals surface area contributed by atoms with E-state index in [1.54, 1.807) is 30.3 Å². The molecule has 4 heteroatoms. The minimum Gasteiger partial charge on any atom is -0.402 e. The second-order valence-corrected chi connectivity index (χ2v) is 4.88. The Hall–Kier alpha value is -3.19. The van der Waals surface area contributed by atoms with Gasteiger partial charge in [0.1, 0.15) is 0 Å². The molecule has 4 nitrogen and oxygen atoms in total. The van der Waals surface area contributed by atoms with Gasteiger partial charge in [0.25, 0.3) is 0 Å². The number of hydrogen-bond acceptors (Lipinski definition) is 4. The van der Waals surface area contributed by atoms with Crippen molar-refractivity contribution in [2.75, 3.05) is 0 Å². The first-order chi connectivity index (χ1) is 10.7. The van der Waals surface area contributed by atoms with Crippen LogP contribution in [0.5, 0.6) is 0 Å². The third-order valence-electron chi connectivity index (χ3n) is 3.34. The van der Waals surface area contributed by atoms with Gasteiger partial charge in [0, 0.05) is 5.56 Å². The fraction of sp³-hybridized carbons (Fsp3) is 0.0556. The van der Waals surface area contributed by atoms with Gasteiger partial charge in [0.2, 0.25) is 5.90 Å². The Morgan fingerprint density at radius 1 is 1.14 bits per heavy atom. The van der Waals surface area contributed by atoms with E-state index in [-0.39, 0.29) is 5.70 Å².